The van der Waals surface area contributed by atoms with Crippen LogP contribution in [0.3, 0.4) is 0 Å². The number of hydrogen-bond donors (Lipinski definition) is 0. The van der Waals surface area contributed by atoms with Crippen molar-refractivity contribution in [2.75, 3.05) is 40.0 Å². The normalized spacial score (nSPS) is 15.9. The highest BCUT2D eigenvalue weighted by Gasteiger charge is 2.15. The lowest BCUT2D eigenvalue weighted by Gasteiger charge is -2.27. The minimum Gasteiger partial charge on any atom is -0.494 e. The van der Waals surface area contributed by atoms with Crippen molar-refractivity contribution < 1.29 is 9.47 Å². The summed E-state index contributed by atoms with van der Waals surface area (Å²) in [5, 5.41) is 8.73. The second kappa shape index (κ2) is 8.66. The van der Waals surface area contributed by atoms with Gasteiger partial charge in [0.05, 0.1) is 18.2 Å². The van der Waals surface area contributed by atoms with Gasteiger partial charge in [-0.3, -0.25) is 0 Å². The van der Waals surface area contributed by atoms with Gasteiger partial charge < -0.3 is 14.4 Å². The Morgan fingerprint density at radius 2 is 2.00 bits per heavy atom. The van der Waals surface area contributed by atoms with Crippen molar-refractivity contribution in [1.29, 1.82) is 5.26 Å². The van der Waals surface area contributed by atoms with Gasteiger partial charge in [0, 0.05) is 26.3 Å². The molecule has 0 spiro atoms. The Kier molecular flexibility index (Phi) is 6.52. The second-order valence-electron chi connectivity index (χ2n) is 5.66. The van der Waals surface area contributed by atoms with Crippen LogP contribution in [0.2, 0.25) is 0 Å². The van der Waals surface area contributed by atoms with E-state index in [0.29, 0.717) is 12.2 Å². The Balaban J connectivity index is 1.59. The molecule has 1 aliphatic heterocycles. The van der Waals surface area contributed by atoms with Crippen LogP contribution in [0.5, 0.6) is 5.75 Å². The van der Waals surface area contributed by atoms with Crippen molar-refractivity contribution in [3.05, 3.63) is 29.8 Å². The summed E-state index contributed by atoms with van der Waals surface area (Å²) in [6.45, 7) is 4.75. The van der Waals surface area contributed by atoms with Gasteiger partial charge in [0.2, 0.25) is 0 Å². The zero-order valence-electron chi connectivity index (χ0n) is 12.8. The predicted octanol–water partition coefficient (Wildman–Crippen LogP) is 2.69. The molecule has 0 atom stereocenters. The highest BCUT2D eigenvalue weighted by Crippen LogP contribution is 2.16. The number of nitrogens with zero attached hydrogens (tertiary/aromatic N) is 2. The smallest absolute Gasteiger partial charge is 0.119 e. The fourth-order valence-corrected chi connectivity index (χ4v) is 2.61. The lowest BCUT2D eigenvalue weighted by Crippen LogP contribution is -2.30. The van der Waals surface area contributed by atoms with Crippen molar-refractivity contribution in [2.24, 2.45) is 5.92 Å². The van der Waals surface area contributed by atoms with Crippen LogP contribution >= 0.6 is 0 Å². The fraction of sp³-hybridized carbons (Fsp3) is 0.588. The van der Waals surface area contributed by atoms with Crippen molar-refractivity contribution in [2.45, 2.75) is 19.3 Å². The summed E-state index contributed by atoms with van der Waals surface area (Å²) in [6, 6.07) is 9.38. The molecule has 21 heavy (non-hydrogen) atoms. The van der Waals surface area contributed by atoms with Crippen molar-refractivity contribution in [1.82, 2.24) is 4.90 Å². The molecular formula is C17H24N2O2. The van der Waals surface area contributed by atoms with E-state index in [2.05, 4.69) is 18.0 Å². The maximum Gasteiger partial charge on any atom is 0.119 e. The standard InChI is InChI=1S/C17H24N2O2/c1-19(14-16-7-11-20-12-8-16)9-2-10-21-17-5-3-15(13-18)4-6-17/h3-6,16H,2,7-12,14H2,1H3. The Bertz CT molecular complexity index is 447. The van der Waals surface area contributed by atoms with E-state index in [4.69, 9.17) is 14.7 Å². The molecule has 4 heteroatoms. The summed E-state index contributed by atoms with van der Waals surface area (Å²) < 4.78 is 11.1. The first kappa shape index (κ1) is 15.8. The average Bonchev–Trinajstić information content (AvgIpc) is 2.53. The maximum atomic E-state index is 8.73. The average molecular weight is 288 g/mol. The first-order valence-corrected chi connectivity index (χ1v) is 7.67. The van der Waals surface area contributed by atoms with E-state index in [1.54, 1.807) is 12.1 Å². The highest BCUT2D eigenvalue weighted by molar-refractivity contribution is 5.34. The van der Waals surface area contributed by atoms with Gasteiger partial charge in [-0.25, -0.2) is 0 Å². The molecule has 0 aliphatic carbocycles. The summed E-state index contributed by atoms with van der Waals surface area (Å²) in [7, 11) is 2.18. The molecule has 0 N–H and O–H groups in total. The molecule has 1 aliphatic rings. The Hall–Kier alpha value is -1.57. The molecule has 0 amide bonds. The molecular weight excluding hydrogens is 264 g/mol. The van der Waals surface area contributed by atoms with Gasteiger partial charge in [-0.05, 0) is 56.5 Å². The topological polar surface area (TPSA) is 45.5 Å². The number of nitriles is 1. The number of hydrogen-bond acceptors (Lipinski definition) is 4. The third-order valence-electron chi connectivity index (χ3n) is 3.85. The Labute approximate surface area is 127 Å². The quantitative estimate of drug-likeness (QED) is 0.724. The first-order valence-electron chi connectivity index (χ1n) is 7.67. The van der Waals surface area contributed by atoms with Crippen molar-refractivity contribution in [3.8, 4) is 11.8 Å². The molecule has 1 aromatic carbocycles. The maximum absolute atomic E-state index is 8.73. The predicted molar refractivity (Wildman–Crippen MR) is 82.3 cm³/mol. The van der Waals surface area contributed by atoms with Crippen molar-refractivity contribution >= 4 is 0 Å². The summed E-state index contributed by atoms with van der Waals surface area (Å²) in [6.07, 6.45) is 3.39. The molecule has 0 unspecified atom stereocenters. The van der Waals surface area contributed by atoms with Gasteiger partial charge in [-0.15, -0.1) is 0 Å². The highest BCUT2D eigenvalue weighted by atomic mass is 16.5. The minimum atomic E-state index is 0.665. The van der Waals surface area contributed by atoms with E-state index in [1.165, 1.54) is 12.8 Å². The number of rotatable bonds is 7. The molecule has 114 valence electrons. The Morgan fingerprint density at radius 3 is 2.67 bits per heavy atom. The van der Waals surface area contributed by atoms with Gasteiger partial charge >= 0.3 is 0 Å². The molecule has 1 fully saturated rings. The van der Waals surface area contributed by atoms with Crippen LogP contribution in [-0.4, -0.2) is 44.9 Å². The first-order chi connectivity index (χ1) is 10.3. The molecule has 0 aromatic heterocycles. The lowest BCUT2D eigenvalue weighted by molar-refractivity contribution is 0.0552. The van der Waals surface area contributed by atoms with Crippen LogP contribution in [0.4, 0.5) is 0 Å². The Morgan fingerprint density at radius 1 is 1.29 bits per heavy atom. The zero-order chi connectivity index (χ0) is 14.9. The third-order valence-corrected chi connectivity index (χ3v) is 3.85. The molecule has 0 bridgehead atoms. The van der Waals surface area contributed by atoms with Gasteiger partial charge in [-0.1, -0.05) is 0 Å². The van der Waals surface area contributed by atoms with E-state index in [9.17, 15) is 0 Å². The minimum absolute atomic E-state index is 0.665. The summed E-state index contributed by atoms with van der Waals surface area (Å²) in [5.41, 5.74) is 0.665. The molecule has 1 heterocycles. The number of ether oxygens (including phenoxy) is 2. The molecule has 0 saturated carbocycles. The van der Waals surface area contributed by atoms with E-state index in [-0.39, 0.29) is 0 Å². The van der Waals surface area contributed by atoms with Crippen LogP contribution in [0, 0.1) is 17.2 Å². The van der Waals surface area contributed by atoms with Crippen molar-refractivity contribution in [3.63, 3.8) is 0 Å². The molecule has 0 radical (unpaired) electrons. The fourth-order valence-electron chi connectivity index (χ4n) is 2.61. The van der Waals surface area contributed by atoms with Gasteiger partial charge in [0.15, 0.2) is 0 Å². The second-order valence-corrected chi connectivity index (χ2v) is 5.66. The van der Waals surface area contributed by atoms with Crippen LogP contribution in [-0.2, 0) is 4.74 Å². The molecule has 4 nitrogen and oxygen atoms in total. The van der Waals surface area contributed by atoms with Crippen LogP contribution in [0.1, 0.15) is 24.8 Å². The van der Waals surface area contributed by atoms with Crippen LogP contribution < -0.4 is 4.74 Å². The number of benzene rings is 1. The van der Waals surface area contributed by atoms with E-state index >= 15 is 0 Å². The van der Waals surface area contributed by atoms with Crippen LogP contribution in [0.25, 0.3) is 0 Å². The van der Waals surface area contributed by atoms with Gasteiger partial charge in [0.25, 0.3) is 0 Å². The summed E-state index contributed by atoms with van der Waals surface area (Å²) in [5.74, 6) is 1.62. The zero-order valence-corrected chi connectivity index (χ0v) is 12.8. The van der Waals surface area contributed by atoms with E-state index < -0.39 is 0 Å². The largest absolute Gasteiger partial charge is 0.494 e. The third kappa shape index (κ3) is 5.74. The molecule has 1 saturated heterocycles. The molecule has 1 aromatic rings. The van der Waals surface area contributed by atoms with E-state index in [1.807, 2.05) is 12.1 Å². The lowest BCUT2D eigenvalue weighted by atomic mass is 10.00. The monoisotopic (exact) mass is 288 g/mol. The van der Waals surface area contributed by atoms with E-state index in [0.717, 1.165) is 44.4 Å². The van der Waals surface area contributed by atoms with Gasteiger partial charge in [0.1, 0.15) is 5.75 Å². The SMILES string of the molecule is CN(CCCOc1ccc(C#N)cc1)CC1CCOCC1. The summed E-state index contributed by atoms with van der Waals surface area (Å²) >= 11 is 0. The van der Waals surface area contributed by atoms with Crippen LogP contribution in [0.15, 0.2) is 24.3 Å². The summed E-state index contributed by atoms with van der Waals surface area (Å²) in [4.78, 5) is 2.39. The molecule has 2 rings (SSSR count). The van der Waals surface area contributed by atoms with Gasteiger partial charge in [-0.2, -0.15) is 5.26 Å².